The second-order valence-electron chi connectivity index (χ2n) is 6.84. The number of alkyl halides is 3. The van der Waals surface area contributed by atoms with Crippen LogP contribution in [0.3, 0.4) is 0 Å². The fourth-order valence-corrected chi connectivity index (χ4v) is 3.43. The summed E-state index contributed by atoms with van der Waals surface area (Å²) in [6, 6.07) is 9.59. The zero-order valence-corrected chi connectivity index (χ0v) is 14.2. The zero-order valence-electron chi connectivity index (χ0n) is 14.2. The summed E-state index contributed by atoms with van der Waals surface area (Å²) in [6.07, 6.45) is -1.70. The van der Waals surface area contributed by atoms with Crippen LogP contribution < -0.4 is 10.2 Å². The molecule has 1 atom stereocenters. The lowest BCUT2D eigenvalue weighted by molar-refractivity contribution is -0.137. The van der Waals surface area contributed by atoms with Crippen LogP contribution in [0.15, 0.2) is 42.6 Å². The maximum absolute atomic E-state index is 12.8. The highest BCUT2D eigenvalue weighted by atomic mass is 19.4. The first kappa shape index (κ1) is 17.3. The quantitative estimate of drug-likeness (QED) is 0.904. The van der Waals surface area contributed by atoms with Gasteiger partial charge in [0.25, 0.3) is 0 Å². The van der Waals surface area contributed by atoms with Crippen molar-refractivity contribution in [2.45, 2.75) is 18.6 Å². The van der Waals surface area contributed by atoms with Gasteiger partial charge >= 0.3 is 6.18 Å². The molecular formula is C19H20F3N3O. The van der Waals surface area contributed by atoms with Crippen molar-refractivity contribution in [3.8, 4) is 0 Å². The molecule has 7 heteroatoms. The van der Waals surface area contributed by atoms with E-state index in [0.717, 1.165) is 61.9 Å². The summed E-state index contributed by atoms with van der Waals surface area (Å²) in [7, 11) is 0. The summed E-state index contributed by atoms with van der Waals surface area (Å²) in [4.78, 5) is 6.55. The van der Waals surface area contributed by atoms with Crippen molar-refractivity contribution >= 4 is 11.4 Å². The van der Waals surface area contributed by atoms with E-state index in [1.807, 2.05) is 12.1 Å². The third-order valence-electron chi connectivity index (χ3n) is 4.92. The Kier molecular flexibility index (Phi) is 4.58. The van der Waals surface area contributed by atoms with Crippen molar-refractivity contribution in [2.75, 3.05) is 31.2 Å². The van der Waals surface area contributed by atoms with E-state index in [0.29, 0.717) is 12.0 Å². The van der Waals surface area contributed by atoms with Gasteiger partial charge in [0.1, 0.15) is 0 Å². The molecule has 0 spiro atoms. The van der Waals surface area contributed by atoms with Crippen LogP contribution in [0.4, 0.5) is 24.5 Å². The fourth-order valence-electron chi connectivity index (χ4n) is 3.43. The molecule has 0 radical (unpaired) electrons. The van der Waals surface area contributed by atoms with Gasteiger partial charge in [-0.3, -0.25) is 4.98 Å². The van der Waals surface area contributed by atoms with E-state index in [1.54, 1.807) is 6.20 Å². The lowest BCUT2D eigenvalue weighted by atomic mass is 9.95. The molecule has 138 valence electrons. The maximum Gasteiger partial charge on any atom is 0.416 e. The summed E-state index contributed by atoms with van der Waals surface area (Å²) >= 11 is 0. The molecule has 2 aliphatic heterocycles. The first-order valence-corrected chi connectivity index (χ1v) is 8.70. The van der Waals surface area contributed by atoms with Crippen molar-refractivity contribution in [1.29, 1.82) is 0 Å². The third-order valence-corrected chi connectivity index (χ3v) is 4.92. The Hall–Kier alpha value is -2.12. The van der Waals surface area contributed by atoms with Crippen LogP contribution in [0.25, 0.3) is 0 Å². The highest BCUT2D eigenvalue weighted by Crippen LogP contribution is 2.36. The SMILES string of the molecule is FC(F)(F)c1ccc(N2CC(CNC3COC3)Cc3ncccc32)cc1. The molecule has 4 rings (SSSR count). The van der Waals surface area contributed by atoms with E-state index in [9.17, 15) is 13.2 Å². The molecule has 4 nitrogen and oxygen atoms in total. The third kappa shape index (κ3) is 3.54. The van der Waals surface area contributed by atoms with Crippen LogP contribution in [0, 0.1) is 5.92 Å². The van der Waals surface area contributed by atoms with Gasteiger partial charge in [-0.1, -0.05) is 0 Å². The number of nitrogens with zero attached hydrogens (tertiary/aromatic N) is 2. The van der Waals surface area contributed by atoms with Crippen molar-refractivity contribution in [1.82, 2.24) is 10.3 Å². The van der Waals surface area contributed by atoms with E-state index >= 15 is 0 Å². The minimum Gasteiger partial charge on any atom is -0.378 e. The topological polar surface area (TPSA) is 37.4 Å². The monoisotopic (exact) mass is 363 g/mol. The Morgan fingerprint density at radius 3 is 2.58 bits per heavy atom. The molecule has 0 saturated carbocycles. The average Bonchev–Trinajstić information content (AvgIpc) is 2.59. The number of pyridine rings is 1. The smallest absolute Gasteiger partial charge is 0.378 e. The van der Waals surface area contributed by atoms with Gasteiger partial charge in [-0.15, -0.1) is 0 Å². The summed E-state index contributed by atoms with van der Waals surface area (Å²) < 4.78 is 43.7. The largest absolute Gasteiger partial charge is 0.416 e. The van der Waals surface area contributed by atoms with E-state index < -0.39 is 11.7 Å². The van der Waals surface area contributed by atoms with Crippen LogP contribution in [-0.2, 0) is 17.3 Å². The van der Waals surface area contributed by atoms with Gasteiger partial charge in [0.2, 0.25) is 0 Å². The number of nitrogens with one attached hydrogen (secondary N) is 1. The van der Waals surface area contributed by atoms with Gasteiger partial charge in [-0.05, 0) is 48.7 Å². The Morgan fingerprint density at radius 1 is 1.15 bits per heavy atom. The highest BCUT2D eigenvalue weighted by Gasteiger charge is 2.31. The summed E-state index contributed by atoms with van der Waals surface area (Å²) in [5.41, 5.74) is 2.07. The molecule has 3 heterocycles. The lowest BCUT2D eigenvalue weighted by Gasteiger charge is -2.37. The Labute approximate surface area is 150 Å². The van der Waals surface area contributed by atoms with E-state index in [2.05, 4.69) is 15.2 Å². The van der Waals surface area contributed by atoms with Crippen LogP contribution in [0.2, 0.25) is 0 Å². The number of aromatic nitrogens is 1. The molecule has 0 aliphatic carbocycles. The Bertz CT molecular complexity index is 759. The van der Waals surface area contributed by atoms with Crippen molar-refractivity contribution < 1.29 is 17.9 Å². The van der Waals surface area contributed by atoms with Gasteiger partial charge in [-0.2, -0.15) is 13.2 Å². The standard InChI is InChI=1S/C19H20F3N3O/c20-19(21,22)14-3-5-16(6-4-14)25-10-13(9-24-15-11-26-12-15)8-17-18(25)2-1-7-23-17/h1-7,13,15,24H,8-12H2. The molecule has 1 unspecified atom stereocenters. The number of anilines is 2. The molecule has 0 amide bonds. The van der Waals surface area contributed by atoms with Crippen LogP contribution in [0.5, 0.6) is 0 Å². The molecule has 0 bridgehead atoms. The van der Waals surface area contributed by atoms with Crippen molar-refractivity contribution in [3.05, 3.63) is 53.9 Å². The molecule has 26 heavy (non-hydrogen) atoms. The molecule has 2 aliphatic rings. The molecule has 2 aromatic rings. The number of hydrogen-bond acceptors (Lipinski definition) is 4. The average molecular weight is 363 g/mol. The van der Waals surface area contributed by atoms with Crippen LogP contribution in [0.1, 0.15) is 11.3 Å². The first-order valence-electron chi connectivity index (χ1n) is 8.70. The van der Waals surface area contributed by atoms with E-state index in [4.69, 9.17) is 4.74 Å². The van der Waals surface area contributed by atoms with E-state index in [1.165, 1.54) is 12.1 Å². The number of halogens is 3. The number of ether oxygens (including phenoxy) is 1. The van der Waals surface area contributed by atoms with Gasteiger partial charge in [0, 0.05) is 25.0 Å². The molecule has 1 fully saturated rings. The van der Waals surface area contributed by atoms with Gasteiger partial charge in [0.15, 0.2) is 0 Å². The molecule has 1 saturated heterocycles. The number of benzene rings is 1. The minimum absolute atomic E-state index is 0.334. The number of fused-ring (bicyclic) bond motifs is 1. The second kappa shape index (κ2) is 6.89. The maximum atomic E-state index is 12.8. The number of rotatable bonds is 4. The summed E-state index contributed by atoms with van der Waals surface area (Å²) in [5, 5.41) is 3.49. The van der Waals surface area contributed by atoms with Crippen LogP contribution in [-0.4, -0.2) is 37.3 Å². The summed E-state index contributed by atoms with van der Waals surface area (Å²) in [5.74, 6) is 0.334. The molecule has 1 aromatic carbocycles. The Morgan fingerprint density at radius 2 is 1.92 bits per heavy atom. The predicted molar refractivity (Wildman–Crippen MR) is 92.5 cm³/mol. The second-order valence-corrected chi connectivity index (χ2v) is 6.84. The van der Waals surface area contributed by atoms with E-state index in [-0.39, 0.29) is 0 Å². The first-order chi connectivity index (χ1) is 12.5. The zero-order chi connectivity index (χ0) is 18.1. The van der Waals surface area contributed by atoms with Gasteiger partial charge in [0.05, 0.1) is 36.2 Å². The fraction of sp³-hybridized carbons (Fsp3) is 0.421. The minimum atomic E-state index is -4.32. The summed E-state index contributed by atoms with van der Waals surface area (Å²) in [6.45, 7) is 3.06. The normalized spacial score (nSPS) is 20.6. The van der Waals surface area contributed by atoms with Crippen molar-refractivity contribution in [3.63, 3.8) is 0 Å². The van der Waals surface area contributed by atoms with Crippen molar-refractivity contribution in [2.24, 2.45) is 5.92 Å². The molecular weight excluding hydrogens is 343 g/mol. The molecule has 1 aromatic heterocycles. The number of hydrogen-bond donors (Lipinski definition) is 1. The lowest BCUT2D eigenvalue weighted by Crippen LogP contribution is -2.49. The van der Waals surface area contributed by atoms with Gasteiger partial charge < -0.3 is 15.0 Å². The van der Waals surface area contributed by atoms with Crippen LogP contribution >= 0.6 is 0 Å². The highest BCUT2D eigenvalue weighted by molar-refractivity contribution is 5.66. The predicted octanol–water partition coefficient (Wildman–Crippen LogP) is 3.40. The van der Waals surface area contributed by atoms with Gasteiger partial charge in [-0.25, -0.2) is 0 Å². The Balaban J connectivity index is 1.56. The molecule has 1 N–H and O–H groups in total.